The second-order valence-corrected chi connectivity index (χ2v) is 7.25. The van der Waals surface area contributed by atoms with Gasteiger partial charge in [-0.3, -0.25) is 4.79 Å². The molecule has 1 unspecified atom stereocenters. The largest absolute Gasteiger partial charge is 0.472 e. The summed E-state index contributed by atoms with van der Waals surface area (Å²) in [4.78, 5) is 22.5. The van der Waals surface area contributed by atoms with Gasteiger partial charge in [-0.2, -0.15) is 0 Å². The molecule has 5 rings (SSSR count). The number of benzene rings is 2. The Bertz CT molecular complexity index is 1150. The van der Waals surface area contributed by atoms with Crippen LogP contribution in [0.15, 0.2) is 66.9 Å². The van der Waals surface area contributed by atoms with Crippen LogP contribution in [-0.4, -0.2) is 40.0 Å². The van der Waals surface area contributed by atoms with Gasteiger partial charge in [0.2, 0.25) is 11.8 Å². The number of rotatable bonds is 4. The molecule has 1 amide bonds. The molecule has 0 aliphatic carbocycles. The molecule has 1 aliphatic heterocycles. The Hall–Kier alpha value is -3.34. The topological polar surface area (TPSA) is 58.2 Å². The number of likely N-dealkylation sites (tertiary alicyclic amines) is 1. The van der Waals surface area contributed by atoms with Crippen LogP contribution in [0, 0.1) is 0 Å². The van der Waals surface area contributed by atoms with E-state index in [9.17, 15) is 4.79 Å². The molecule has 1 saturated heterocycles. The smallest absolute Gasteiger partial charge is 0.227 e. The lowest BCUT2D eigenvalue weighted by molar-refractivity contribution is -0.129. The highest BCUT2D eigenvalue weighted by Gasteiger charge is 2.28. The molecule has 1 N–H and O–H groups in total. The number of nitrogens with one attached hydrogen (secondary N) is 1. The zero-order valence-corrected chi connectivity index (χ0v) is 15.5. The molecule has 0 spiro atoms. The third-order valence-corrected chi connectivity index (χ3v) is 5.37. The summed E-state index contributed by atoms with van der Waals surface area (Å²) in [5, 5.41) is 2.21. The van der Waals surface area contributed by atoms with Crippen LogP contribution >= 0.6 is 0 Å². The van der Waals surface area contributed by atoms with E-state index < -0.39 is 0 Å². The molecule has 3 heterocycles. The van der Waals surface area contributed by atoms with E-state index in [-0.39, 0.29) is 12.0 Å². The van der Waals surface area contributed by atoms with Gasteiger partial charge in [-0.15, -0.1) is 0 Å². The first kappa shape index (κ1) is 16.8. The van der Waals surface area contributed by atoms with Crippen LogP contribution in [0.25, 0.3) is 21.8 Å². The highest BCUT2D eigenvalue weighted by atomic mass is 16.5. The van der Waals surface area contributed by atoms with Crippen LogP contribution in [0.4, 0.5) is 0 Å². The van der Waals surface area contributed by atoms with Gasteiger partial charge >= 0.3 is 0 Å². The molecule has 1 fully saturated rings. The van der Waals surface area contributed by atoms with E-state index in [1.807, 2.05) is 65.7 Å². The van der Waals surface area contributed by atoms with Gasteiger partial charge < -0.3 is 14.6 Å². The maximum atomic E-state index is 12.8. The first-order valence-electron chi connectivity index (χ1n) is 9.61. The van der Waals surface area contributed by atoms with Gasteiger partial charge in [0.25, 0.3) is 0 Å². The number of H-pyrrole nitrogens is 1. The van der Waals surface area contributed by atoms with Crippen molar-refractivity contribution >= 4 is 27.7 Å². The van der Waals surface area contributed by atoms with Crippen molar-refractivity contribution in [1.82, 2.24) is 14.9 Å². The normalized spacial score (nSPS) is 16.7. The van der Waals surface area contributed by atoms with Crippen molar-refractivity contribution < 1.29 is 9.53 Å². The molecule has 0 saturated carbocycles. The molecule has 2 aromatic carbocycles. The molecular weight excluding hydrogens is 350 g/mol. The molecule has 1 aliphatic rings. The van der Waals surface area contributed by atoms with Crippen LogP contribution in [0.1, 0.15) is 12.0 Å². The SMILES string of the molecule is O=C(Cc1c[nH]c2ccccc12)N1CCC(Oc2ccc3ccccc3n2)C1. The van der Waals surface area contributed by atoms with Gasteiger partial charge in [-0.25, -0.2) is 4.98 Å². The number of hydrogen-bond acceptors (Lipinski definition) is 3. The maximum absolute atomic E-state index is 12.8. The molecule has 0 radical (unpaired) electrons. The predicted octanol–water partition coefficient (Wildman–Crippen LogP) is 3.94. The summed E-state index contributed by atoms with van der Waals surface area (Å²) in [6, 6.07) is 20.0. The zero-order chi connectivity index (χ0) is 18.9. The predicted molar refractivity (Wildman–Crippen MR) is 109 cm³/mol. The molecule has 0 bridgehead atoms. The minimum atomic E-state index is -0.0134. The van der Waals surface area contributed by atoms with Crippen molar-refractivity contribution in [2.75, 3.05) is 13.1 Å². The Morgan fingerprint density at radius 2 is 1.96 bits per heavy atom. The fourth-order valence-electron chi connectivity index (χ4n) is 3.89. The van der Waals surface area contributed by atoms with Gasteiger partial charge in [0, 0.05) is 41.5 Å². The number of para-hydroxylation sites is 2. The lowest BCUT2D eigenvalue weighted by Crippen LogP contribution is -2.32. The van der Waals surface area contributed by atoms with E-state index in [0.29, 0.717) is 18.8 Å². The van der Waals surface area contributed by atoms with E-state index in [1.165, 1.54) is 0 Å². The van der Waals surface area contributed by atoms with Crippen LogP contribution in [-0.2, 0) is 11.2 Å². The fraction of sp³-hybridized carbons (Fsp3) is 0.217. The van der Waals surface area contributed by atoms with Crippen LogP contribution in [0.3, 0.4) is 0 Å². The molecule has 5 nitrogen and oxygen atoms in total. The third kappa shape index (κ3) is 3.20. The van der Waals surface area contributed by atoms with Crippen molar-refractivity contribution in [2.45, 2.75) is 18.9 Å². The summed E-state index contributed by atoms with van der Waals surface area (Å²) in [6.07, 6.45) is 3.16. The molecule has 5 heteroatoms. The Kier molecular flexibility index (Phi) is 4.20. The molecule has 2 aromatic heterocycles. The van der Waals surface area contributed by atoms with E-state index >= 15 is 0 Å². The van der Waals surface area contributed by atoms with E-state index in [0.717, 1.165) is 40.3 Å². The van der Waals surface area contributed by atoms with Crippen LogP contribution in [0.5, 0.6) is 5.88 Å². The molecule has 4 aromatic rings. The van der Waals surface area contributed by atoms with Crippen molar-refractivity contribution in [3.63, 3.8) is 0 Å². The molecular formula is C23H21N3O2. The Balaban J connectivity index is 1.24. The number of carbonyl (C=O) groups is 1. The van der Waals surface area contributed by atoms with Crippen LogP contribution in [0.2, 0.25) is 0 Å². The number of hydrogen-bond donors (Lipinski definition) is 1. The number of ether oxygens (including phenoxy) is 1. The second kappa shape index (κ2) is 7.00. The lowest BCUT2D eigenvalue weighted by atomic mass is 10.1. The number of aromatic nitrogens is 2. The average molecular weight is 371 g/mol. The van der Waals surface area contributed by atoms with Crippen molar-refractivity contribution in [1.29, 1.82) is 0 Å². The first-order chi connectivity index (χ1) is 13.8. The maximum Gasteiger partial charge on any atom is 0.227 e. The quantitative estimate of drug-likeness (QED) is 0.591. The number of pyridine rings is 1. The summed E-state index contributed by atoms with van der Waals surface area (Å²) in [5.41, 5.74) is 3.03. The van der Waals surface area contributed by atoms with Gasteiger partial charge in [0.15, 0.2) is 0 Å². The van der Waals surface area contributed by atoms with E-state index in [2.05, 4.69) is 16.0 Å². The summed E-state index contributed by atoms with van der Waals surface area (Å²) in [5.74, 6) is 0.761. The highest BCUT2D eigenvalue weighted by molar-refractivity contribution is 5.89. The van der Waals surface area contributed by atoms with Gasteiger partial charge in [0.05, 0.1) is 18.5 Å². The minimum absolute atomic E-state index is 0.0134. The van der Waals surface area contributed by atoms with Crippen molar-refractivity contribution in [3.8, 4) is 5.88 Å². The second-order valence-electron chi connectivity index (χ2n) is 7.25. The van der Waals surface area contributed by atoms with Crippen molar-refractivity contribution in [3.05, 3.63) is 72.4 Å². The summed E-state index contributed by atoms with van der Waals surface area (Å²) in [7, 11) is 0. The van der Waals surface area contributed by atoms with Crippen molar-refractivity contribution in [2.24, 2.45) is 0 Å². The lowest BCUT2D eigenvalue weighted by Gasteiger charge is -2.17. The number of amides is 1. The Labute approximate surface area is 162 Å². The van der Waals surface area contributed by atoms with Crippen LogP contribution < -0.4 is 4.74 Å². The minimum Gasteiger partial charge on any atom is -0.472 e. The van der Waals surface area contributed by atoms with Gasteiger partial charge in [-0.05, 0) is 23.8 Å². The fourth-order valence-corrected chi connectivity index (χ4v) is 3.89. The van der Waals surface area contributed by atoms with Gasteiger partial charge in [0.1, 0.15) is 6.10 Å². The Morgan fingerprint density at radius 3 is 2.93 bits per heavy atom. The standard InChI is InChI=1S/C23H21N3O2/c27-23(13-17-14-24-21-8-4-2-6-19(17)21)26-12-11-18(15-26)28-22-10-9-16-5-1-3-7-20(16)25-22/h1-10,14,18,24H,11-13,15H2. The number of aromatic amines is 1. The number of carbonyl (C=O) groups excluding carboxylic acids is 1. The summed E-state index contributed by atoms with van der Waals surface area (Å²) < 4.78 is 6.06. The number of fused-ring (bicyclic) bond motifs is 2. The first-order valence-corrected chi connectivity index (χ1v) is 9.61. The summed E-state index contributed by atoms with van der Waals surface area (Å²) in [6.45, 7) is 1.33. The Morgan fingerprint density at radius 1 is 1.11 bits per heavy atom. The monoisotopic (exact) mass is 371 g/mol. The average Bonchev–Trinajstić information content (AvgIpc) is 3.35. The number of nitrogens with zero attached hydrogens (tertiary/aromatic N) is 2. The van der Waals surface area contributed by atoms with E-state index in [4.69, 9.17) is 4.74 Å². The van der Waals surface area contributed by atoms with E-state index in [1.54, 1.807) is 0 Å². The third-order valence-electron chi connectivity index (χ3n) is 5.37. The highest BCUT2D eigenvalue weighted by Crippen LogP contribution is 2.22. The molecule has 140 valence electrons. The molecule has 28 heavy (non-hydrogen) atoms. The summed E-state index contributed by atoms with van der Waals surface area (Å²) >= 11 is 0. The zero-order valence-electron chi connectivity index (χ0n) is 15.5. The van der Waals surface area contributed by atoms with Gasteiger partial charge in [-0.1, -0.05) is 36.4 Å². The molecule has 1 atom stereocenters.